The Bertz CT molecular complexity index is 800. The molecule has 0 unspecified atom stereocenters. The van der Waals surface area contributed by atoms with E-state index in [1.54, 1.807) is 36.4 Å². The lowest BCUT2D eigenvalue weighted by Gasteiger charge is -2.13. The summed E-state index contributed by atoms with van der Waals surface area (Å²) >= 11 is 12.1. The lowest BCUT2D eigenvalue weighted by molar-refractivity contribution is 0.324. The van der Waals surface area contributed by atoms with Crippen LogP contribution in [-0.2, 0) is 0 Å². The van der Waals surface area contributed by atoms with Gasteiger partial charge in [0.1, 0.15) is 0 Å². The lowest BCUT2D eigenvalue weighted by Crippen LogP contribution is -1.95. The highest BCUT2D eigenvalue weighted by molar-refractivity contribution is 6.36. The van der Waals surface area contributed by atoms with Crippen LogP contribution in [0.1, 0.15) is 11.1 Å². The van der Waals surface area contributed by atoms with Crippen LogP contribution >= 0.6 is 23.2 Å². The van der Waals surface area contributed by atoms with Crippen molar-refractivity contribution in [3.63, 3.8) is 0 Å². The molecule has 2 aromatic carbocycles. The largest absolute Gasteiger partial charge is 0.493 e. The molecule has 0 N–H and O–H groups in total. The maximum Gasteiger partial charge on any atom is 0.203 e. The van der Waals surface area contributed by atoms with Gasteiger partial charge in [0.25, 0.3) is 0 Å². The second-order valence-electron chi connectivity index (χ2n) is 4.75. The van der Waals surface area contributed by atoms with Crippen LogP contribution in [0.15, 0.2) is 30.3 Å². The first-order chi connectivity index (χ1) is 11.5. The van der Waals surface area contributed by atoms with Gasteiger partial charge in [0.05, 0.1) is 38.0 Å². The summed E-state index contributed by atoms with van der Waals surface area (Å²) in [6, 6.07) is 10.6. The molecular formula is C18H15Cl2NO3. The molecule has 0 atom stereocenters. The number of nitrogens with zero attached hydrogens (tertiary/aromatic N) is 1. The van der Waals surface area contributed by atoms with Gasteiger partial charge in [-0.3, -0.25) is 0 Å². The summed E-state index contributed by atoms with van der Waals surface area (Å²) in [5.74, 6) is 1.49. The summed E-state index contributed by atoms with van der Waals surface area (Å²) in [4.78, 5) is 0. The fourth-order valence-electron chi connectivity index (χ4n) is 2.23. The average molecular weight is 364 g/mol. The Hall–Kier alpha value is -2.35. The van der Waals surface area contributed by atoms with Gasteiger partial charge in [-0.2, -0.15) is 5.26 Å². The Morgan fingerprint density at radius 1 is 1.00 bits per heavy atom. The molecule has 0 amide bonds. The molecule has 0 saturated carbocycles. The summed E-state index contributed by atoms with van der Waals surface area (Å²) in [5, 5.41) is 10.4. The smallest absolute Gasteiger partial charge is 0.203 e. The summed E-state index contributed by atoms with van der Waals surface area (Å²) in [6.07, 6.45) is 1.69. The average Bonchev–Trinajstić information content (AvgIpc) is 2.59. The van der Waals surface area contributed by atoms with Crippen molar-refractivity contribution in [1.82, 2.24) is 0 Å². The van der Waals surface area contributed by atoms with Crippen LogP contribution in [0.5, 0.6) is 17.2 Å². The molecule has 0 heterocycles. The molecule has 24 heavy (non-hydrogen) atoms. The summed E-state index contributed by atoms with van der Waals surface area (Å²) in [7, 11) is 4.60. The monoisotopic (exact) mass is 363 g/mol. The number of rotatable bonds is 5. The van der Waals surface area contributed by atoms with E-state index in [9.17, 15) is 5.26 Å². The van der Waals surface area contributed by atoms with Gasteiger partial charge in [0, 0.05) is 10.6 Å². The number of hydrogen-bond acceptors (Lipinski definition) is 4. The highest BCUT2D eigenvalue weighted by Gasteiger charge is 2.14. The topological polar surface area (TPSA) is 51.5 Å². The first kappa shape index (κ1) is 18.0. The maximum absolute atomic E-state index is 9.49. The molecule has 0 aliphatic rings. The van der Waals surface area contributed by atoms with E-state index in [1.807, 2.05) is 0 Å². The van der Waals surface area contributed by atoms with E-state index in [0.29, 0.717) is 44.0 Å². The second-order valence-corrected chi connectivity index (χ2v) is 5.60. The quantitative estimate of drug-likeness (QED) is 0.548. The summed E-state index contributed by atoms with van der Waals surface area (Å²) < 4.78 is 15.9. The van der Waals surface area contributed by atoms with Gasteiger partial charge in [0.15, 0.2) is 11.5 Å². The molecule has 0 fully saturated rings. The minimum Gasteiger partial charge on any atom is -0.493 e. The third-order valence-electron chi connectivity index (χ3n) is 3.34. The third kappa shape index (κ3) is 3.76. The predicted molar refractivity (Wildman–Crippen MR) is 96.0 cm³/mol. The van der Waals surface area contributed by atoms with Gasteiger partial charge in [-0.1, -0.05) is 29.3 Å². The van der Waals surface area contributed by atoms with Crippen LogP contribution in [0, 0.1) is 11.3 Å². The van der Waals surface area contributed by atoms with Crippen LogP contribution in [-0.4, -0.2) is 21.3 Å². The van der Waals surface area contributed by atoms with Gasteiger partial charge in [-0.15, -0.1) is 0 Å². The van der Waals surface area contributed by atoms with E-state index in [-0.39, 0.29) is 0 Å². The molecule has 6 heteroatoms. The highest BCUT2D eigenvalue weighted by Crippen LogP contribution is 2.39. The zero-order valence-electron chi connectivity index (χ0n) is 13.4. The van der Waals surface area contributed by atoms with Crippen molar-refractivity contribution in [2.75, 3.05) is 21.3 Å². The van der Waals surface area contributed by atoms with E-state index >= 15 is 0 Å². The number of hydrogen-bond donors (Lipinski definition) is 0. The van der Waals surface area contributed by atoms with Gasteiger partial charge < -0.3 is 14.2 Å². The molecule has 0 aliphatic carbocycles. The zero-order valence-corrected chi connectivity index (χ0v) is 14.9. The maximum atomic E-state index is 9.49. The molecule has 0 saturated heterocycles. The zero-order chi connectivity index (χ0) is 17.7. The first-order valence-electron chi connectivity index (χ1n) is 6.91. The standard InChI is InChI=1S/C18H15Cl2NO3/c1-22-16-7-11(8-17(23-2)18(16)24-3)6-12(10-21)14-5-4-13(19)9-15(14)20/h4-9H,1-3H3/b12-6+. The molecule has 0 aliphatic heterocycles. The van der Waals surface area contributed by atoms with E-state index in [0.717, 1.165) is 0 Å². The van der Waals surface area contributed by atoms with Crippen molar-refractivity contribution < 1.29 is 14.2 Å². The van der Waals surface area contributed by atoms with Crippen LogP contribution in [0.25, 0.3) is 11.6 Å². The number of nitriles is 1. The molecule has 0 spiro atoms. The number of allylic oxidation sites excluding steroid dienone is 1. The van der Waals surface area contributed by atoms with Crippen LogP contribution in [0.2, 0.25) is 10.0 Å². The van der Waals surface area contributed by atoms with E-state index in [2.05, 4.69) is 6.07 Å². The molecule has 4 nitrogen and oxygen atoms in total. The summed E-state index contributed by atoms with van der Waals surface area (Å²) in [6.45, 7) is 0. The van der Waals surface area contributed by atoms with Crippen molar-refractivity contribution in [1.29, 1.82) is 5.26 Å². The first-order valence-corrected chi connectivity index (χ1v) is 7.66. The third-order valence-corrected chi connectivity index (χ3v) is 3.89. The molecule has 124 valence electrons. The Morgan fingerprint density at radius 2 is 1.62 bits per heavy atom. The number of halogens is 2. The second kappa shape index (κ2) is 7.96. The van der Waals surface area contributed by atoms with Crippen molar-refractivity contribution in [2.24, 2.45) is 0 Å². The fraction of sp³-hybridized carbons (Fsp3) is 0.167. The Kier molecular flexibility index (Phi) is 5.97. The Labute approximate surface area is 150 Å². The van der Waals surface area contributed by atoms with Crippen LogP contribution < -0.4 is 14.2 Å². The Morgan fingerprint density at radius 3 is 2.08 bits per heavy atom. The molecule has 2 rings (SSSR count). The summed E-state index contributed by atoms with van der Waals surface area (Å²) in [5.41, 5.74) is 1.70. The SMILES string of the molecule is COc1cc(/C=C(\C#N)c2ccc(Cl)cc2Cl)cc(OC)c1OC. The number of ether oxygens (including phenoxy) is 3. The molecule has 2 aromatic rings. The number of benzene rings is 2. The van der Waals surface area contributed by atoms with Crippen molar-refractivity contribution in [3.8, 4) is 23.3 Å². The van der Waals surface area contributed by atoms with Gasteiger partial charge in [-0.25, -0.2) is 0 Å². The molecule has 0 bridgehead atoms. The van der Waals surface area contributed by atoms with Crippen LogP contribution in [0.3, 0.4) is 0 Å². The van der Waals surface area contributed by atoms with E-state index in [1.165, 1.54) is 21.3 Å². The minimum atomic E-state index is 0.394. The van der Waals surface area contributed by atoms with Gasteiger partial charge in [-0.05, 0) is 35.9 Å². The molecule has 0 radical (unpaired) electrons. The van der Waals surface area contributed by atoms with E-state index in [4.69, 9.17) is 37.4 Å². The molecule has 0 aromatic heterocycles. The highest BCUT2D eigenvalue weighted by atomic mass is 35.5. The van der Waals surface area contributed by atoms with Gasteiger partial charge in [0.2, 0.25) is 5.75 Å². The predicted octanol–water partition coefficient (Wildman–Crippen LogP) is 5.08. The molecular weight excluding hydrogens is 349 g/mol. The van der Waals surface area contributed by atoms with Gasteiger partial charge >= 0.3 is 0 Å². The van der Waals surface area contributed by atoms with Crippen molar-refractivity contribution in [2.45, 2.75) is 0 Å². The lowest BCUT2D eigenvalue weighted by atomic mass is 10.0. The fourth-order valence-corrected chi connectivity index (χ4v) is 2.74. The Balaban J connectivity index is 2.57. The van der Waals surface area contributed by atoms with E-state index < -0.39 is 0 Å². The minimum absolute atomic E-state index is 0.394. The van der Waals surface area contributed by atoms with Crippen molar-refractivity contribution >= 4 is 34.9 Å². The normalized spacial score (nSPS) is 10.9. The van der Waals surface area contributed by atoms with Crippen LogP contribution in [0.4, 0.5) is 0 Å². The van der Waals surface area contributed by atoms with Crippen molar-refractivity contribution in [3.05, 3.63) is 51.5 Å². The number of methoxy groups -OCH3 is 3.